The molecule has 0 rings (SSSR count). The highest BCUT2D eigenvalue weighted by molar-refractivity contribution is 5.76. The van der Waals surface area contributed by atoms with Crippen LogP contribution >= 0.6 is 0 Å². The highest BCUT2D eigenvalue weighted by Crippen LogP contribution is 2.40. The average Bonchev–Trinajstić information content (AvgIpc) is 2.25. The summed E-state index contributed by atoms with van der Waals surface area (Å²) in [5.74, 6) is 0.281. The lowest BCUT2D eigenvalue weighted by Gasteiger charge is -2.36. The van der Waals surface area contributed by atoms with E-state index in [1.165, 1.54) is 12.8 Å². The molecule has 2 heteroatoms. The van der Waals surface area contributed by atoms with Crippen LogP contribution in [0.15, 0.2) is 0 Å². The van der Waals surface area contributed by atoms with Crippen molar-refractivity contribution in [1.29, 1.82) is 0 Å². The first-order valence-corrected chi connectivity index (χ1v) is 7.80. The zero-order valence-electron chi connectivity index (χ0n) is 14.1. The highest BCUT2D eigenvalue weighted by atomic mass is 16.5. The summed E-state index contributed by atoms with van der Waals surface area (Å²) in [7, 11) is 0. The lowest BCUT2D eigenvalue weighted by molar-refractivity contribution is -0.160. The number of unbranched alkanes of at least 4 members (excludes halogenated alkanes) is 3. The second-order valence-electron chi connectivity index (χ2n) is 7.51. The Hall–Kier alpha value is -0.530. The van der Waals surface area contributed by atoms with Gasteiger partial charge < -0.3 is 4.74 Å². The number of esters is 1. The van der Waals surface area contributed by atoms with Gasteiger partial charge in [0.1, 0.15) is 0 Å². The molecule has 0 aliphatic carbocycles. The Labute approximate surface area is 120 Å². The van der Waals surface area contributed by atoms with Crippen molar-refractivity contribution in [3.63, 3.8) is 0 Å². The maximum atomic E-state index is 12.4. The van der Waals surface area contributed by atoms with Gasteiger partial charge in [-0.2, -0.15) is 0 Å². The van der Waals surface area contributed by atoms with Gasteiger partial charge in [0, 0.05) is 0 Å². The van der Waals surface area contributed by atoms with Crippen LogP contribution in [0.4, 0.5) is 0 Å². The summed E-state index contributed by atoms with van der Waals surface area (Å²) in [6, 6.07) is 0. The first-order chi connectivity index (χ1) is 8.63. The molecule has 1 unspecified atom stereocenters. The zero-order chi connectivity index (χ0) is 15.1. The van der Waals surface area contributed by atoms with Crippen LogP contribution in [0.2, 0.25) is 0 Å². The zero-order valence-corrected chi connectivity index (χ0v) is 14.1. The fraction of sp³-hybridized carbons (Fsp3) is 0.941. The maximum absolute atomic E-state index is 12.4. The quantitative estimate of drug-likeness (QED) is 0.447. The molecule has 0 fully saturated rings. The summed E-state index contributed by atoms with van der Waals surface area (Å²) in [6.45, 7) is 15.6. The first kappa shape index (κ1) is 18.5. The Bertz CT molecular complexity index is 263. The normalized spacial score (nSPS) is 15.4. The molecule has 0 radical (unpaired) electrons. The van der Waals surface area contributed by atoms with Crippen molar-refractivity contribution in [2.75, 3.05) is 6.61 Å². The number of rotatable bonds is 8. The highest BCUT2D eigenvalue weighted by Gasteiger charge is 2.41. The van der Waals surface area contributed by atoms with E-state index in [0.29, 0.717) is 12.5 Å². The van der Waals surface area contributed by atoms with Gasteiger partial charge in [-0.1, -0.05) is 60.8 Å². The second-order valence-corrected chi connectivity index (χ2v) is 7.51. The SMILES string of the molecule is CCCCCCOC(=O)C(C)(CC(C)(C)C)C(C)C. The fourth-order valence-corrected chi connectivity index (χ4v) is 2.47. The smallest absolute Gasteiger partial charge is 0.312 e. The van der Waals surface area contributed by atoms with Gasteiger partial charge in [0.2, 0.25) is 0 Å². The fourth-order valence-electron chi connectivity index (χ4n) is 2.47. The van der Waals surface area contributed by atoms with Crippen molar-refractivity contribution in [2.24, 2.45) is 16.7 Å². The summed E-state index contributed by atoms with van der Waals surface area (Å²) >= 11 is 0. The molecule has 0 saturated heterocycles. The third kappa shape index (κ3) is 6.98. The van der Waals surface area contributed by atoms with Crippen molar-refractivity contribution in [3.8, 4) is 0 Å². The number of hydrogen-bond acceptors (Lipinski definition) is 2. The van der Waals surface area contributed by atoms with E-state index in [4.69, 9.17) is 4.74 Å². The summed E-state index contributed by atoms with van der Waals surface area (Å²) in [4.78, 5) is 12.4. The van der Waals surface area contributed by atoms with Gasteiger partial charge in [-0.3, -0.25) is 4.79 Å². The van der Waals surface area contributed by atoms with Crippen LogP contribution in [0, 0.1) is 16.7 Å². The Morgan fingerprint density at radius 1 is 1.05 bits per heavy atom. The largest absolute Gasteiger partial charge is 0.465 e. The Morgan fingerprint density at radius 2 is 1.63 bits per heavy atom. The van der Waals surface area contributed by atoms with Gasteiger partial charge in [-0.05, 0) is 31.1 Å². The molecule has 0 spiro atoms. The molecule has 0 N–H and O–H groups in total. The number of carbonyl (C=O) groups excluding carboxylic acids is 1. The van der Waals surface area contributed by atoms with E-state index in [0.717, 1.165) is 19.3 Å². The minimum Gasteiger partial charge on any atom is -0.465 e. The van der Waals surface area contributed by atoms with Gasteiger partial charge in [-0.25, -0.2) is 0 Å². The van der Waals surface area contributed by atoms with E-state index >= 15 is 0 Å². The minimum absolute atomic E-state index is 0.0195. The average molecular weight is 270 g/mol. The second kappa shape index (κ2) is 7.91. The molecular weight excluding hydrogens is 236 g/mol. The van der Waals surface area contributed by atoms with Crippen LogP contribution in [0.3, 0.4) is 0 Å². The summed E-state index contributed by atoms with van der Waals surface area (Å²) in [5, 5.41) is 0. The molecule has 0 aromatic carbocycles. The van der Waals surface area contributed by atoms with Crippen molar-refractivity contribution < 1.29 is 9.53 Å². The predicted octanol–water partition coefficient (Wildman–Crippen LogP) is 5.21. The monoisotopic (exact) mass is 270 g/mol. The molecule has 0 aromatic heterocycles. The molecule has 0 saturated carbocycles. The van der Waals surface area contributed by atoms with Gasteiger partial charge in [0.25, 0.3) is 0 Å². The van der Waals surface area contributed by atoms with E-state index in [1.807, 2.05) is 0 Å². The molecule has 0 aromatic rings. The number of carbonyl (C=O) groups is 1. The van der Waals surface area contributed by atoms with E-state index < -0.39 is 0 Å². The number of ether oxygens (including phenoxy) is 1. The van der Waals surface area contributed by atoms with Gasteiger partial charge in [0.15, 0.2) is 0 Å². The van der Waals surface area contributed by atoms with E-state index in [9.17, 15) is 4.79 Å². The number of hydrogen-bond donors (Lipinski definition) is 0. The van der Waals surface area contributed by atoms with E-state index in [2.05, 4.69) is 48.5 Å². The third-order valence-electron chi connectivity index (χ3n) is 3.87. The molecule has 1 atom stereocenters. The summed E-state index contributed by atoms with van der Waals surface area (Å²) < 4.78 is 5.52. The molecular formula is C17H34O2. The minimum atomic E-state index is -0.372. The Balaban J connectivity index is 4.42. The summed E-state index contributed by atoms with van der Waals surface area (Å²) in [5.41, 5.74) is -0.233. The van der Waals surface area contributed by atoms with Crippen LogP contribution in [-0.2, 0) is 9.53 Å². The van der Waals surface area contributed by atoms with Crippen LogP contribution in [0.5, 0.6) is 0 Å². The topological polar surface area (TPSA) is 26.3 Å². The molecule has 19 heavy (non-hydrogen) atoms. The molecule has 114 valence electrons. The van der Waals surface area contributed by atoms with Crippen LogP contribution < -0.4 is 0 Å². The Morgan fingerprint density at radius 3 is 2.05 bits per heavy atom. The third-order valence-corrected chi connectivity index (χ3v) is 3.87. The van der Waals surface area contributed by atoms with Gasteiger partial charge in [-0.15, -0.1) is 0 Å². The summed E-state index contributed by atoms with van der Waals surface area (Å²) in [6.07, 6.45) is 5.44. The standard InChI is InChI=1S/C17H34O2/c1-8-9-10-11-12-19-15(18)17(7,14(2)3)13-16(4,5)6/h14H,8-13H2,1-7H3. The molecule has 0 aliphatic heterocycles. The van der Waals surface area contributed by atoms with Gasteiger partial charge in [0.05, 0.1) is 12.0 Å². The molecule has 0 heterocycles. The van der Waals surface area contributed by atoms with E-state index in [1.54, 1.807) is 0 Å². The lowest BCUT2D eigenvalue weighted by Crippen LogP contribution is -2.38. The van der Waals surface area contributed by atoms with Crippen molar-refractivity contribution in [1.82, 2.24) is 0 Å². The van der Waals surface area contributed by atoms with Crippen LogP contribution in [0.25, 0.3) is 0 Å². The van der Waals surface area contributed by atoms with Crippen LogP contribution in [-0.4, -0.2) is 12.6 Å². The molecule has 0 amide bonds. The van der Waals surface area contributed by atoms with Gasteiger partial charge >= 0.3 is 5.97 Å². The Kier molecular flexibility index (Phi) is 7.69. The maximum Gasteiger partial charge on any atom is 0.312 e. The predicted molar refractivity (Wildman–Crippen MR) is 82.1 cm³/mol. The molecule has 0 aliphatic rings. The molecule has 2 nitrogen and oxygen atoms in total. The van der Waals surface area contributed by atoms with E-state index in [-0.39, 0.29) is 16.8 Å². The van der Waals surface area contributed by atoms with Crippen molar-refractivity contribution in [3.05, 3.63) is 0 Å². The van der Waals surface area contributed by atoms with Crippen molar-refractivity contribution in [2.45, 2.75) is 80.6 Å². The first-order valence-electron chi connectivity index (χ1n) is 7.80. The lowest BCUT2D eigenvalue weighted by atomic mass is 9.69. The molecule has 0 bridgehead atoms. The van der Waals surface area contributed by atoms with Crippen LogP contribution in [0.1, 0.15) is 80.6 Å². The van der Waals surface area contributed by atoms with Crippen molar-refractivity contribution >= 4 is 5.97 Å².